The minimum Gasteiger partial charge on any atom is -0.301 e. The lowest BCUT2D eigenvalue weighted by Gasteiger charge is -2.03. The van der Waals surface area contributed by atoms with Crippen LogP contribution >= 0.6 is 34.7 Å². The molecule has 8 heteroatoms. The summed E-state index contributed by atoms with van der Waals surface area (Å²) in [5, 5.41) is 13.1. The minimum atomic E-state index is -0.0378. The van der Waals surface area contributed by atoms with E-state index in [9.17, 15) is 4.79 Å². The number of nitrogens with one attached hydrogen (secondary N) is 1. The molecule has 3 rings (SSSR count). The summed E-state index contributed by atoms with van der Waals surface area (Å²) >= 11 is 8.85. The summed E-state index contributed by atoms with van der Waals surface area (Å²) in [5.41, 5.74) is 0.837. The van der Waals surface area contributed by atoms with Crippen LogP contribution in [0.5, 0.6) is 0 Å². The summed E-state index contributed by atoms with van der Waals surface area (Å²) < 4.78 is 0.763. The fourth-order valence-electron chi connectivity index (χ4n) is 1.99. The summed E-state index contributed by atoms with van der Waals surface area (Å²) in [6, 6.07) is 7.54. The predicted molar refractivity (Wildman–Crippen MR) is 94.3 cm³/mol. The van der Waals surface area contributed by atoms with Gasteiger partial charge >= 0.3 is 0 Å². The van der Waals surface area contributed by atoms with Gasteiger partial charge in [-0.25, -0.2) is 0 Å². The number of hydrogen-bond acceptors (Lipinski definition) is 6. The number of carbonyl (C=O) groups excluding carboxylic acids is 1. The highest BCUT2D eigenvalue weighted by Gasteiger charge is 2.11. The molecule has 0 saturated heterocycles. The van der Waals surface area contributed by atoms with Crippen LogP contribution in [0.1, 0.15) is 19.8 Å². The molecular weight excluding hydrogens is 352 g/mol. The minimum absolute atomic E-state index is 0.0378. The van der Waals surface area contributed by atoms with E-state index >= 15 is 0 Å². The van der Waals surface area contributed by atoms with E-state index in [4.69, 9.17) is 11.6 Å². The molecule has 0 fully saturated rings. The largest absolute Gasteiger partial charge is 0.301 e. The summed E-state index contributed by atoms with van der Waals surface area (Å²) in [5.74, 6) is -0.0378. The Hall–Kier alpha value is -1.70. The number of carbonyl (C=O) groups is 1. The van der Waals surface area contributed by atoms with Gasteiger partial charge in [-0.1, -0.05) is 47.7 Å². The van der Waals surface area contributed by atoms with Gasteiger partial charge in [0.25, 0.3) is 0 Å². The van der Waals surface area contributed by atoms with Gasteiger partial charge in [-0.2, -0.15) is 0 Å². The van der Waals surface area contributed by atoms with Gasteiger partial charge in [-0.15, -0.1) is 10.2 Å². The number of anilines is 1. The van der Waals surface area contributed by atoms with Crippen molar-refractivity contribution < 1.29 is 4.79 Å². The average molecular weight is 365 g/mol. The van der Waals surface area contributed by atoms with E-state index in [1.54, 1.807) is 6.20 Å². The van der Waals surface area contributed by atoms with Crippen molar-refractivity contribution in [3.05, 3.63) is 35.5 Å². The second-order valence-corrected chi connectivity index (χ2v) is 7.45. The van der Waals surface area contributed by atoms with Crippen LogP contribution in [0.25, 0.3) is 10.9 Å². The zero-order valence-electron chi connectivity index (χ0n) is 12.2. The van der Waals surface area contributed by atoms with Gasteiger partial charge in [0.2, 0.25) is 11.0 Å². The molecule has 1 amide bonds. The molecular formula is C15H13ClN4OS2. The molecule has 5 nitrogen and oxygen atoms in total. The smallest absolute Gasteiger partial charge is 0.226 e. The number of pyridine rings is 1. The van der Waals surface area contributed by atoms with Gasteiger partial charge in [0.1, 0.15) is 0 Å². The third-order valence-corrected chi connectivity index (χ3v) is 5.19. The first-order valence-corrected chi connectivity index (χ1v) is 9.02. The predicted octanol–water partition coefficient (Wildman–Crippen LogP) is 4.63. The highest BCUT2D eigenvalue weighted by atomic mass is 35.5. The molecule has 0 radical (unpaired) electrons. The molecule has 2 heterocycles. The lowest BCUT2D eigenvalue weighted by Crippen LogP contribution is -2.10. The van der Waals surface area contributed by atoms with Gasteiger partial charge in [0.05, 0.1) is 5.52 Å². The summed E-state index contributed by atoms with van der Waals surface area (Å²) in [6.45, 7) is 1.96. The molecule has 0 aliphatic carbocycles. The van der Waals surface area contributed by atoms with Gasteiger partial charge in [-0.3, -0.25) is 9.78 Å². The van der Waals surface area contributed by atoms with Crippen LogP contribution in [0.2, 0.25) is 5.02 Å². The fourth-order valence-corrected chi connectivity index (χ4v) is 4.00. The quantitative estimate of drug-likeness (QED) is 0.668. The van der Waals surface area contributed by atoms with E-state index in [1.807, 2.05) is 31.2 Å². The standard InChI is InChI=1S/C15H13ClN4OS2/c1-2-3-13(21)18-14-19-20-15(23-14)22-12-6-7-17-11-8-9(16)4-5-10(11)12/h4-8H,2-3H2,1H3,(H,18,19,21). The first-order valence-electron chi connectivity index (χ1n) is 7.01. The normalized spacial score (nSPS) is 10.9. The van der Waals surface area contributed by atoms with Crippen molar-refractivity contribution >= 4 is 56.6 Å². The van der Waals surface area contributed by atoms with Gasteiger partial charge in [-0.05, 0) is 24.6 Å². The number of fused-ring (bicyclic) bond motifs is 1. The summed E-state index contributed by atoms with van der Waals surface area (Å²) in [4.78, 5) is 16.9. The second-order valence-electron chi connectivity index (χ2n) is 4.74. The van der Waals surface area contributed by atoms with Crippen LogP contribution in [0.15, 0.2) is 39.7 Å². The van der Waals surface area contributed by atoms with Gasteiger partial charge in [0.15, 0.2) is 4.34 Å². The topological polar surface area (TPSA) is 67.8 Å². The first kappa shape index (κ1) is 16.2. The first-order chi connectivity index (χ1) is 11.2. The molecule has 2 aromatic heterocycles. The van der Waals surface area contributed by atoms with E-state index in [1.165, 1.54) is 23.1 Å². The molecule has 118 valence electrons. The summed E-state index contributed by atoms with van der Waals surface area (Å²) in [6.07, 6.45) is 3.03. The van der Waals surface area contributed by atoms with Crippen molar-refractivity contribution in [2.24, 2.45) is 0 Å². The summed E-state index contributed by atoms with van der Waals surface area (Å²) in [7, 11) is 0. The highest BCUT2D eigenvalue weighted by molar-refractivity contribution is 8.01. The average Bonchev–Trinajstić information content (AvgIpc) is 2.94. The van der Waals surface area contributed by atoms with E-state index < -0.39 is 0 Å². The third kappa shape index (κ3) is 3.99. The number of benzene rings is 1. The molecule has 0 atom stereocenters. The number of halogens is 1. The Kier molecular flexibility index (Phi) is 5.09. The van der Waals surface area contributed by atoms with Crippen LogP contribution in [0.3, 0.4) is 0 Å². The fraction of sp³-hybridized carbons (Fsp3) is 0.200. The van der Waals surface area contributed by atoms with Crippen LogP contribution in [0, 0.1) is 0 Å². The van der Waals surface area contributed by atoms with Crippen molar-refractivity contribution in [3.8, 4) is 0 Å². The van der Waals surface area contributed by atoms with Crippen LogP contribution in [-0.2, 0) is 4.79 Å². The molecule has 0 spiro atoms. The maximum atomic E-state index is 11.6. The van der Waals surface area contributed by atoms with E-state index in [-0.39, 0.29) is 5.91 Å². The molecule has 3 aromatic rings. The number of amides is 1. The zero-order chi connectivity index (χ0) is 16.2. The van der Waals surface area contributed by atoms with Crippen molar-refractivity contribution in [2.75, 3.05) is 5.32 Å². The number of rotatable bonds is 5. The molecule has 1 N–H and O–H groups in total. The Balaban J connectivity index is 1.80. The van der Waals surface area contributed by atoms with Crippen LogP contribution < -0.4 is 5.32 Å². The Bertz CT molecular complexity index is 852. The van der Waals surface area contributed by atoms with Gasteiger partial charge < -0.3 is 5.32 Å². The zero-order valence-corrected chi connectivity index (χ0v) is 14.6. The molecule has 23 heavy (non-hydrogen) atoms. The highest BCUT2D eigenvalue weighted by Crippen LogP contribution is 2.36. The molecule has 0 saturated carbocycles. The number of aromatic nitrogens is 3. The van der Waals surface area contributed by atoms with Gasteiger partial charge in [0, 0.05) is 27.9 Å². The molecule has 0 aliphatic heterocycles. The Labute approximate surface area is 146 Å². The second kappa shape index (κ2) is 7.25. The van der Waals surface area contributed by atoms with E-state index in [0.717, 1.165) is 26.6 Å². The Morgan fingerprint density at radius 2 is 2.22 bits per heavy atom. The lowest BCUT2D eigenvalue weighted by atomic mass is 10.2. The van der Waals surface area contributed by atoms with Crippen molar-refractivity contribution in [1.82, 2.24) is 15.2 Å². The van der Waals surface area contributed by atoms with Crippen molar-refractivity contribution in [3.63, 3.8) is 0 Å². The van der Waals surface area contributed by atoms with E-state index in [0.29, 0.717) is 16.6 Å². The van der Waals surface area contributed by atoms with Crippen molar-refractivity contribution in [1.29, 1.82) is 0 Å². The maximum Gasteiger partial charge on any atom is 0.226 e. The number of hydrogen-bond donors (Lipinski definition) is 1. The van der Waals surface area contributed by atoms with Crippen LogP contribution in [-0.4, -0.2) is 21.1 Å². The molecule has 0 aliphatic rings. The Morgan fingerprint density at radius 1 is 1.35 bits per heavy atom. The van der Waals surface area contributed by atoms with E-state index in [2.05, 4.69) is 20.5 Å². The SMILES string of the molecule is CCCC(=O)Nc1nnc(Sc2ccnc3cc(Cl)ccc23)s1. The third-order valence-electron chi connectivity index (χ3n) is 2.99. The molecule has 0 unspecified atom stereocenters. The number of nitrogens with zero attached hydrogens (tertiary/aromatic N) is 3. The Morgan fingerprint density at radius 3 is 3.04 bits per heavy atom. The van der Waals surface area contributed by atoms with Crippen LogP contribution in [0.4, 0.5) is 5.13 Å². The lowest BCUT2D eigenvalue weighted by molar-refractivity contribution is -0.116. The molecule has 0 bridgehead atoms. The molecule has 1 aromatic carbocycles. The monoisotopic (exact) mass is 364 g/mol. The maximum absolute atomic E-state index is 11.6. The van der Waals surface area contributed by atoms with Crippen molar-refractivity contribution in [2.45, 2.75) is 29.0 Å².